The molecular formula is C15H18N2OS. The minimum absolute atomic E-state index is 0.0273. The van der Waals surface area contributed by atoms with Crippen molar-refractivity contribution in [2.75, 3.05) is 11.4 Å². The summed E-state index contributed by atoms with van der Waals surface area (Å²) in [6.45, 7) is 8.60. The van der Waals surface area contributed by atoms with Gasteiger partial charge in [-0.05, 0) is 44.9 Å². The van der Waals surface area contributed by atoms with Crippen molar-refractivity contribution in [2.24, 2.45) is 0 Å². The van der Waals surface area contributed by atoms with E-state index in [1.165, 1.54) is 11.3 Å². The van der Waals surface area contributed by atoms with Gasteiger partial charge in [-0.25, -0.2) is 4.98 Å². The molecule has 1 heterocycles. The van der Waals surface area contributed by atoms with Crippen molar-refractivity contribution in [3.63, 3.8) is 0 Å². The number of anilines is 1. The van der Waals surface area contributed by atoms with E-state index in [9.17, 15) is 4.79 Å². The number of aryl methyl sites for hydroxylation is 3. The molecule has 0 bridgehead atoms. The van der Waals surface area contributed by atoms with Crippen molar-refractivity contribution >= 4 is 22.9 Å². The van der Waals surface area contributed by atoms with Crippen LogP contribution in [0.3, 0.4) is 0 Å². The van der Waals surface area contributed by atoms with E-state index >= 15 is 0 Å². The molecule has 0 fully saturated rings. The van der Waals surface area contributed by atoms with Crippen LogP contribution in [0.15, 0.2) is 23.6 Å². The smallest absolute Gasteiger partial charge is 0.277 e. The van der Waals surface area contributed by atoms with Gasteiger partial charge in [0.1, 0.15) is 5.69 Å². The van der Waals surface area contributed by atoms with Crippen molar-refractivity contribution in [2.45, 2.75) is 27.7 Å². The van der Waals surface area contributed by atoms with Gasteiger partial charge >= 0.3 is 0 Å². The van der Waals surface area contributed by atoms with Gasteiger partial charge in [-0.3, -0.25) is 4.79 Å². The summed E-state index contributed by atoms with van der Waals surface area (Å²) in [4.78, 5) is 18.6. The number of amides is 1. The summed E-state index contributed by atoms with van der Waals surface area (Å²) in [7, 11) is 0. The average Bonchev–Trinajstić information content (AvgIpc) is 2.81. The molecule has 0 saturated heterocycles. The highest BCUT2D eigenvalue weighted by atomic mass is 32.1. The number of rotatable bonds is 3. The third kappa shape index (κ3) is 2.84. The van der Waals surface area contributed by atoms with Gasteiger partial charge in [0.15, 0.2) is 0 Å². The summed E-state index contributed by atoms with van der Waals surface area (Å²) in [5.41, 5.74) is 3.76. The van der Waals surface area contributed by atoms with E-state index in [2.05, 4.69) is 17.1 Å². The average molecular weight is 274 g/mol. The molecule has 0 aliphatic heterocycles. The molecule has 19 heavy (non-hydrogen) atoms. The molecule has 1 amide bonds. The van der Waals surface area contributed by atoms with E-state index in [0.29, 0.717) is 12.2 Å². The van der Waals surface area contributed by atoms with Gasteiger partial charge in [0.25, 0.3) is 5.91 Å². The van der Waals surface area contributed by atoms with Crippen molar-refractivity contribution < 1.29 is 4.79 Å². The van der Waals surface area contributed by atoms with E-state index < -0.39 is 0 Å². The third-order valence-corrected chi connectivity index (χ3v) is 3.83. The first-order valence-electron chi connectivity index (χ1n) is 6.34. The van der Waals surface area contributed by atoms with Crippen LogP contribution in [0.4, 0.5) is 5.69 Å². The minimum Gasteiger partial charge on any atom is -0.307 e. The number of carbonyl (C=O) groups excluding carboxylic acids is 1. The van der Waals surface area contributed by atoms with Gasteiger partial charge in [0.05, 0.1) is 5.01 Å². The van der Waals surface area contributed by atoms with Crippen LogP contribution < -0.4 is 4.90 Å². The zero-order valence-corrected chi connectivity index (χ0v) is 12.5. The SMILES string of the molecule is CCN(C(=O)c1csc(C)n1)c1cc(C)ccc1C. The van der Waals surface area contributed by atoms with Crippen LogP contribution in [0.2, 0.25) is 0 Å². The maximum absolute atomic E-state index is 12.5. The van der Waals surface area contributed by atoms with Crippen molar-refractivity contribution in [1.29, 1.82) is 0 Å². The number of carbonyl (C=O) groups is 1. The summed E-state index contributed by atoms with van der Waals surface area (Å²) in [5.74, 6) is -0.0273. The van der Waals surface area contributed by atoms with Gasteiger partial charge in [-0.15, -0.1) is 11.3 Å². The maximum Gasteiger partial charge on any atom is 0.277 e. The number of nitrogens with zero attached hydrogens (tertiary/aromatic N) is 2. The van der Waals surface area contributed by atoms with Crippen molar-refractivity contribution in [1.82, 2.24) is 4.98 Å². The molecule has 0 N–H and O–H groups in total. The predicted octanol–water partition coefficient (Wildman–Crippen LogP) is 3.74. The molecule has 0 radical (unpaired) electrons. The topological polar surface area (TPSA) is 33.2 Å². The molecule has 0 unspecified atom stereocenters. The zero-order chi connectivity index (χ0) is 14.0. The highest BCUT2D eigenvalue weighted by molar-refractivity contribution is 7.09. The number of benzene rings is 1. The predicted molar refractivity (Wildman–Crippen MR) is 80.1 cm³/mol. The molecule has 0 atom stereocenters. The second-order valence-corrected chi connectivity index (χ2v) is 5.65. The Labute approximate surface area is 117 Å². The number of aromatic nitrogens is 1. The summed E-state index contributed by atoms with van der Waals surface area (Å²) >= 11 is 1.50. The summed E-state index contributed by atoms with van der Waals surface area (Å²) < 4.78 is 0. The molecule has 100 valence electrons. The molecule has 0 aliphatic carbocycles. The van der Waals surface area contributed by atoms with E-state index in [-0.39, 0.29) is 5.91 Å². The standard InChI is InChI=1S/C15H18N2OS/c1-5-17(14-8-10(2)6-7-11(14)3)15(18)13-9-19-12(4)16-13/h6-9H,5H2,1-4H3. The quantitative estimate of drug-likeness (QED) is 0.854. The lowest BCUT2D eigenvalue weighted by Gasteiger charge is -2.22. The van der Waals surface area contributed by atoms with Crippen molar-refractivity contribution in [3.05, 3.63) is 45.4 Å². The van der Waals surface area contributed by atoms with Gasteiger partial charge < -0.3 is 4.90 Å². The van der Waals surface area contributed by atoms with Gasteiger partial charge in [-0.1, -0.05) is 12.1 Å². The lowest BCUT2D eigenvalue weighted by atomic mass is 10.1. The fourth-order valence-electron chi connectivity index (χ4n) is 2.03. The number of hydrogen-bond donors (Lipinski definition) is 0. The Hall–Kier alpha value is -1.68. The largest absolute Gasteiger partial charge is 0.307 e. The Morgan fingerprint density at radius 2 is 2.05 bits per heavy atom. The normalized spacial score (nSPS) is 10.5. The Bertz CT molecular complexity index is 604. The lowest BCUT2D eigenvalue weighted by molar-refractivity contribution is 0.0984. The lowest BCUT2D eigenvalue weighted by Crippen LogP contribution is -2.31. The van der Waals surface area contributed by atoms with Gasteiger partial charge in [0, 0.05) is 17.6 Å². The first-order valence-corrected chi connectivity index (χ1v) is 7.22. The fourth-order valence-corrected chi connectivity index (χ4v) is 2.62. The number of hydrogen-bond acceptors (Lipinski definition) is 3. The molecule has 1 aromatic heterocycles. The molecule has 0 saturated carbocycles. The molecule has 4 heteroatoms. The maximum atomic E-state index is 12.5. The summed E-state index contributed by atoms with van der Waals surface area (Å²) in [5, 5.41) is 2.74. The van der Waals surface area contributed by atoms with Crippen LogP contribution >= 0.6 is 11.3 Å². The van der Waals surface area contributed by atoms with Gasteiger partial charge in [0.2, 0.25) is 0 Å². The second-order valence-electron chi connectivity index (χ2n) is 4.59. The Morgan fingerprint density at radius 3 is 2.63 bits per heavy atom. The molecule has 1 aromatic carbocycles. The first kappa shape index (κ1) is 13.7. The fraction of sp³-hybridized carbons (Fsp3) is 0.333. The second kappa shape index (κ2) is 5.53. The third-order valence-electron chi connectivity index (χ3n) is 3.05. The Balaban J connectivity index is 2.39. The van der Waals surface area contributed by atoms with Crippen LogP contribution in [0, 0.1) is 20.8 Å². The Morgan fingerprint density at radius 1 is 1.32 bits per heavy atom. The zero-order valence-electron chi connectivity index (χ0n) is 11.7. The van der Waals surface area contributed by atoms with Gasteiger partial charge in [-0.2, -0.15) is 0 Å². The molecule has 0 spiro atoms. The molecule has 3 nitrogen and oxygen atoms in total. The van der Waals surface area contributed by atoms with Crippen LogP contribution in [-0.2, 0) is 0 Å². The highest BCUT2D eigenvalue weighted by Crippen LogP contribution is 2.23. The monoisotopic (exact) mass is 274 g/mol. The molecular weight excluding hydrogens is 256 g/mol. The van der Waals surface area contributed by atoms with Crippen LogP contribution in [0.25, 0.3) is 0 Å². The van der Waals surface area contributed by atoms with Crippen LogP contribution in [0.5, 0.6) is 0 Å². The highest BCUT2D eigenvalue weighted by Gasteiger charge is 2.19. The molecule has 0 aliphatic rings. The molecule has 2 rings (SSSR count). The number of thiazole rings is 1. The Kier molecular flexibility index (Phi) is 4.00. The minimum atomic E-state index is -0.0273. The van der Waals surface area contributed by atoms with E-state index in [1.54, 1.807) is 4.90 Å². The molecule has 2 aromatic rings. The summed E-state index contributed by atoms with van der Waals surface area (Å²) in [6, 6.07) is 6.16. The first-order chi connectivity index (χ1) is 9.02. The van der Waals surface area contributed by atoms with Crippen LogP contribution in [-0.4, -0.2) is 17.4 Å². The van der Waals surface area contributed by atoms with E-state index in [1.807, 2.05) is 39.1 Å². The summed E-state index contributed by atoms with van der Waals surface area (Å²) in [6.07, 6.45) is 0. The van der Waals surface area contributed by atoms with Crippen LogP contribution in [0.1, 0.15) is 33.5 Å². The van der Waals surface area contributed by atoms with E-state index in [4.69, 9.17) is 0 Å². The van der Waals surface area contributed by atoms with E-state index in [0.717, 1.165) is 21.8 Å². The van der Waals surface area contributed by atoms with Crippen molar-refractivity contribution in [3.8, 4) is 0 Å².